The number of nitrogens with one attached hydrogen (secondary N) is 1. The third kappa shape index (κ3) is 6.28. The fourth-order valence-electron chi connectivity index (χ4n) is 4.63. The number of benzene rings is 2. The van der Waals surface area contributed by atoms with Crippen molar-refractivity contribution in [3.63, 3.8) is 0 Å². The van der Waals surface area contributed by atoms with Crippen LogP contribution in [0.4, 0.5) is 0 Å². The normalized spacial score (nSPS) is 16.0. The molecule has 0 bridgehead atoms. The number of carbonyl (C=O) groups is 2. The zero-order chi connectivity index (χ0) is 27.4. The van der Waals surface area contributed by atoms with E-state index in [0.29, 0.717) is 77.8 Å². The molecule has 1 unspecified atom stereocenters. The number of aromatic nitrogens is 1. The van der Waals surface area contributed by atoms with E-state index in [4.69, 9.17) is 30.5 Å². The molecule has 1 saturated carbocycles. The lowest BCUT2D eigenvalue weighted by molar-refractivity contribution is -0.145. The molecule has 0 radical (unpaired) electrons. The van der Waals surface area contributed by atoms with Gasteiger partial charge in [0.2, 0.25) is 5.88 Å². The number of esters is 1. The average Bonchev–Trinajstić information content (AvgIpc) is 3.79. The first-order chi connectivity index (χ1) is 19.0. The fourth-order valence-corrected chi connectivity index (χ4v) is 4.84. The predicted molar refractivity (Wildman–Crippen MR) is 146 cm³/mol. The zero-order valence-corrected chi connectivity index (χ0v) is 22.8. The molecule has 0 saturated heterocycles. The molecule has 2 aliphatic rings. The molecule has 1 atom stereocenters. The van der Waals surface area contributed by atoms with Crippen molar-refractivity contribution < 1.29 is 28.5 Å². The van der Waals surface area contributed by atoms with Gasteiger partial charge in [0.25, 0.3) is 5.91 Å². The van der Waals surface area contributed by atoms with Gasteiger partial charge in [0.1, 0.15) is 17.2 Å². The van der Waals surface area contributed by atoms with E-state index in [9.17, 15) is 9.59 Å². The molecule has 0 spiro atoms. The molecule has 1 aliphatic carbocycles. The van der Waals surface area contributed by atoms with Crippen LogP contribution in [0.3, 0.4) is 0 Å². The number of nitrogens with zero attached hydrogens (tertiary/aromatic N) is 1. The summed E-state index contributed by atoms with van der Waals surface area (Å²) in [6.07, 6.45) is 3.51. The molecule has 1 aliphatic heterocycles. The highest BCUT2D eigenvalue weighted by Crippen LogP contribution is 2.42. The van der Waals surface area contributed by atoms with Gasteiger partial charge in [-0.15, -0.1) is 0 Å². The molecule has 204 valence electrons. The van der Waals surface area contributed by atoms with Gasteiger partial charge in [0.05, 0.1) is 31.3 Å². The van der Waals surface area contributed by atoms with Crippen molar-refractivity contribution >= 4 is 23.5 Å². The zero-order valence-electron chi connectivity index (χ0n) is 22.0. The van der Waals surface area contributed by atoms with Crippen LogP contribution < -0.4 is 19.5 Å². The number of rotatable bonds is 10. The van der Waals surface area contributed by atoms with E-state index in [2.05, 4.69) is 16.4 Å². The van der Waals surface area contributed by atoms with E-state index >= 15 is 0 Å². The maximum Gasteiger partial charge on any atom is 0.313 e. The molecule has 2 aromatic carbocycles. The van der Waals surface area contributed by atoms with Gasteiger partial charge in [-0.3, -0.25) is 9.59 Å². The topological polar surface area (TPSA) is 96.0 Å². The lowest BCUT2D eigenvalue weighted by Crippen LogP contribution is -2.25. The van der Waals surface area contributed by atoms with Crippen LogP contribution in [0.5, 0.6) is 23.1 Å². The maximum absolute atomic E-state index is 12.7. The molecule has 8 nitrogen and oxygen atoms in total. The molecular weight excluding hydrogens is 520 g/mol. The van der Waals surface area contributed by atoms with Gasteiger partial charge in [-0.25, -0.2) is 4.98 Å². The third-order valence-corrected chi connectivity index (χ3v) is 7.14. The molecular formula is C30H31ClN2O6. The standard InChI is InChI=1S/C30H31ClN2O6/c1-3-37-30(35)22-13-15-38-26-17-27(24(31)16-23(22)26)39-21-9-6-19(7-10-21)28(34)32-14-12-20-8-11-25(18-4-5-18)33-29(20)36-2/h6-11,16-18,22H,3-5,12-15H2,1-2H3,(H,32,34). The number of ether oxygens (including phenoxy) is 4. The lowest BCUT2D eigenvalue weighted by atomic mass is 9.93. The second kappa shape index (κ2) is 11.9. The molecule has 1 amide bonds. The number of pyridine rings is 1. The van der Waals surface area contributed by atoms with E-state index in [-0.39, 0.29) is 11.9 Å². The van der Waals surface area contributed by atoms with Crippen molar-refractivity contribution in [3.8, 4) is 23.1 Å². The molecule has 2 heterocycles. The Hall–Kier alpha value is -3.78. The van der Waals surface area contributed by atoms with Crippen LogP contribution in [0.25, 0.3) is 0 Å². The summed E-state index contributed by atoms with van der Waals surface area (Å²) in [5.74, 6) is 1.74. The predicted octanol–water partition coefficient (Wildman–Crippen LogP) is 5.82. The van der Waals surface area contributed by atoms with Gasteiger partial charge in [-0.2, -0.15) is 0 Å². The molecule has 1 aromatic heterocycles. The van der Waals surface area contributed by atoms with E-state index in [1.165, 1.54) is 12.8 Å². The number of amides is 1. The van der Waals surface area contributed by atoms with E-state index in [0.717, 1.165) is 11.3 Å². The first-order valence-corrected chi connectivity index (χ1v) is 13.6. The van der Waals surface area contributed by atoms with E-state index in [1.54, 1.807) is 50.4 Å². The van der Waals surface area contributed by atoms with Crippen LogP contribution >= 0.6 is 11.6 Å². The minimum absolute atomic E-state index is 0.187. The first-order valence-electron chi connectivity index (χ1n) is 13.2. The monoisotopic (exact) mass is 550 g/mol. The van der Waals surface area contributed by atoms with Crippen LogP contribution in [-0.2, 0) is 16.0 Å². The quantitative estimate of drug-likeness (QED) is 0.318. The van der Waals surface area contributed by atoms with Crippen molar-refractivity contribution in [1.82, 2.24) is 10.3 Å². The van der Waals surface area contributed by atoms with Gasteiger partial charge in [-0.05, 0) is 69.0 Å². The highest BCUT2D eigenvalue weighted by Gasteiger charge is 2.30. The Kier molecular flexibility index (Phi) is 8.21. The Balaban J connectivity index is 1.18. The molecule has 1 fully saturated rings. The summed E-state index contributed by atoms with van der Waals surface area (Å²) >= 11 is 6.49. The largest absolute Gasteiger partial charge is 0.493 e. The molecule has 9 heteroatoms. The molecule has 5 rings (SSSR count). The number of halogens is 1. The Bertz CT molecular complexity index is 1360. The van der Waals surface area contributed by atoms with Crippen LogP contribution in [0.2, 0.25) is 5.02 Å². The smallest absolute Gasteiger partial charge is 0.313 e. The molecule has 1 N–H and O–H groups in total. The number of carbonyl (C=O) groups excluding carboxylic acids is 2. The van der Waals surface area contributed by atoms with Crippen molar-refractivity contribution in [2.75, 3.05) is 26.9 Å². The minimum atomic E-state index is -0.419. The second-order valence-electron chi connectivity index (χ2n) is 9.57. The summed E-state index contributed by atoms with van der Waals surface area (Å²) < 4.78 is 22.4. The van der Waals surface area contributed by atoms with Crippen molar-refractivity contribution in [2.45, 2.75) is 44.4 Å². The minimum Gasteiger partial charge on any atom is -0.493 e. The third-order valence-electron chi connectivity index (χ3n) is 6.85. The number of hydrogen-bond donors (Lipinski definition) is 1. The van der Waals surface area contributed by atoms with Crippen LogP contribution in [0.15, 0.2) is 48.5 Å². The van der Waals surface area contributed by atoms with E-state index in [1.807, 2.05) is 6.07 Å². The van der Waals surface area contributed by atoms with Gasteiger partial charge in [0.15, 0.2) is 0 Å². The Morgan fingerprint density at radius 3 is 2.62 bits per heavy atom. The average molecular weight is 551 g/mol. The lowest BCUT2D eigenvalue weighted by Gasteiger charge is -2.25. The summed E-state index contributed by atoms with van der Waals surface area (Å²) in [5, 5.41) is 3.30. The number of hydrogen-bond acceptors (Lipinski definition) is 7. The highest BCUT2D eigenvalue weighted by atomic mass is 35.5. The molecule has 39 heavy (non-hydrogen) atoms. The first kappa shape index (κ1) is 26.8. The number of methoxy groups -OCH3 is 1. The Morgan fingerprint density at radius 1 is 1.10 bits per heavy atom. The Labute approximate surface area is 232 Å². The van der Waals surface area contributed by atoms with Gasteiger partial charge < -0.3 is 24.3 Å². The summed E-state index contributed by atoms with van der Waals surface area (Å²) in [7, 11) is 1.62. The summed E-state index contributed by atoms with van der Waals surface area (Å²) in [6.45, 7) is 2.95. The van der Waals surface area contributed by atoms with E-state index < -0.39 is 5.92 Å². The van der Waals surface area contributed by atoms with Crippen molar-refractivity contribution in [3.05, 3.63) is 75.9 Å². The Morgan fingerprint density at radius 2 is 1.90 bits per heavy atom. The summed E-state index contributed by atoms with van der Waals surface area (Å²) in [6, 6.07) is 14.3. The van der Waals surface area contributed by atoms with Crippen LogP contribution in [-0.4, -0.2) is 43.7 Å². The summed E-state index contributed by atoms with van der Waals surface area (Å²) in [5.41, 5.74) is 3.24. The highest BCUT2D eigenvalue weighted by molar-refractivity contribution is 6.32. The fraction of sp³-hybridized carbons (Fsp3) is 0.367. The molecule has 3 aromatic rings. The van der Waals surface area contributed by atoms with Gasteiger partial charge in [-0.1, -0.05) is 17.7 Å². The second-order valence-corrected chi connectivity index (χ2v) is 9.98. The van der Waals surface area contributed by atoms with Crippen molar-refractivity contribution in [1.29, 1.82) is 0 Å². The summed E-state index contributed by atoms with van der Waals surface area (Å²) in [4.78, 5) is 29.6. The van der Waals surface area contributed by atoms with Crippen LogP contribution in [0, 0.1) is 0 Å². The SMILES string of the molecule is CCOC(=O)C1CCOc2cc(Oc3ccc(C(=O)NCCc4ccc(C5CC5)nc4OC)cc3)c(Cl)cc21. The maximum atomic E-state index is 12.7. The van der Waals surface area contributed by atoms with Crippen molar-refractivity contribution in [2.24, 2.45) is 0 Å². The van der Waals surface area contributed by atoms with Crippen LogP contribution in [0.1, 0.15) is 65.2 Å². The van der Waals surface area contributed by atoms with Gasteiger partial charge in [0, 0.05) is 40.9 Å². The number of fused-ring (bicyclic) bond motifs is 1. The van der Waals surface area contributed by atoms with Gasteiger partial charge >= 0.3 is 5.97 Å².